The van der Waals surface area contributed by atoms with Crippen molar-refractivity contribution in [2.45, 2.75) is 38.1 Å². The van der Waals surface area contributed by atoms with E-state index in [0.29, 0.717) is 6.04 Å². The monoisotopic (exact) mass is 271 g/mol. The van der Waals surface area contributed by atoms with E-state index in [9.17, 15) is 4.79 Å². The smallest absolute Gasteiger partial charge is 0.272 e. The van der Waals surface area contributed by atoms with Crippen molar-refractivity contribution in [3.05, 3.63) is 46.2 Å². The van der Waals surface area contributed by atoms with E-state index >= 15 is 0 Å². The lowest BCUT2D eigenvalue weighted by atomic mass is 9.88. The van der Waals surface area contributed by atoms with Gasteiger partial charge in [0.2, 0.25) is 0 Å². The molecule has 0 radical (unpaired) electrons. The van der Waals surface area contributed by atoms with Gasteiger partial charge in [0.1, 0.15) is 0 Å². The molecule has 2 heterocycles. The molecule has 1 aromatic heterocycles. The zero-order valence-corrected chi connectivity index (χ0v) is 11.8. The van der Waals surface area contributed by atoms with Crippen molar-refractivity contribution in [1.82, 2.24) is 9.99 Å². The third-order valence-corrected chi connectivity index (χ3v) is 4.42. The van der Waals surface area contributed by atoms with E-state index in [0.717, 1.165) is 29.4 Å². The van der Waals surface area contributed by atoms with Crippen LogP contribution in [0.25, 0.3) is 10.9 Å². The van der Waals surface area contributed by atoms with Gasteiger partial charge in [0, 0.05) is 22.9 Å². The maximum atomic E-state index is 12.5. The Labute approximate surface area is 118 Å². The number of nitrogen functional groups attached to an aromatic ring is 1. The fraction of sp³-hybridized carbons (Fsp3) is 0.438. The summed E-state index contributed by atoms with van der Waals surface area (Å²) in [7, 11) is 0. The summed E-state index contributed by atoms with van der Waals surface area (Å²) in [5, 5.41) is 4.54. The second-order valence-electron chi connectivity index (χ2n) is 5.68. The van der Waals surface area contributed by atoms with Gasteiger partial charge in [-0.15, -0.1) is 0 Å². The standard InChI is InChI=1S/C16H21N3O/c1-11(14-7-4-5-9-18-14)13-10-12-6-2-3-8-15(12)19(17)16(13)20/h2-3,6,8,10-11,14,18H,4-5,7,9,17H2,1H3. The number of nitrogens with one attached hydrogen (secondary N) is 1. The van der Waals surface area contributed by atoms with Crippen LogP contribution in [-0.2, 0) is 0 Å². The molecule has 106 valence electrons. The first kappa shape index (κ1) is 13.2. The van der Waals surface area contributed by atoms with Crippen molar-refractivity contribution in [1.29, 1.82) is 0 Å². The number of rotatable bonds is 2. The summed E-state index contributed by atoms with van der Waals surface area (Å²) in [4.78, 5) is 12.5. The van der Waals surface area contributed by atoms with E-state index in [1.807, 2.05) is 30.3 Å². The summed E-state index contributed by atoms with van der Waals surface area (Å²) >= 11 is 0. The number of fused-ring (bicyclic) bond motifs is 1. The predicted octanol–water partition coefficient (Wildman–Crippen LogP) is 1.96. The Hall–Kier alpha value is -1.81. The average molecular weight is 271 g/mol. The Bertz CT molecular complexity index is 671. The molecule has 0 bridgehead atoms. The number of para-hydroxylation sites is 1. The molecule has 0 amide bonds. The molecule has 1 aliphatic rings. The number of piperidine rings is 1. The third kappa shape index (κ3) is 2.20. The molecule has 3 N–H and O–H groups in total. The van der Waals surface area contributed by atoms with Crippen molar-refractivity contribution >= 4 is 10.9 Å². The Kier molecular flexibility index (Phi) is 3.49. The quantitative estimate of drug-likeness (QED) is 0.821. The summed E-state index contributed by atoms with van der Waals surface area (Å²) in [6, 6.07) is 10.1. The van der Waals surface area contributed by atoms with Gasteiger partial charge in [-0.3, -0.25) is 4.79 Å². The number of benzene rings is 1. The maximum absolute atomic E-state index is 12.5. The number of hydrogen-bond donors (Lipinski definition) is 2. The van der Waals surface area contributed by atoms with Crippen LogP contribution in [0.1, 0.15) is 37.7 Å². The molecule has 2 aromatic rings. The van der Waals surface area contributed by atoms with E-state index in [2.05, 4.69) is 12.2 Å². The predicted molar refractivity (Wildman–Crippen MR) is 82.4 cm³/mol. The maximum Gasteiger partial charge on any atom is 0.272 e. The SMILES string of the molecule is CC(c1cc2ccccc2n(N)c1=O)C1CCCCN1. The second-order valence-corrected chi connectivity index (χ2v) is 5.68. The molecule has 2 unspecified atom stereocenters. The lowest BCUT2D eigenvalue weighted by molar-refractivity contribution is 0.360. The van der Waals surface area contributed by atoms with Crippen molar-refractivity contribution in [2.75, 3.05) is 12.4 Å². The summed E-state index contributed by atoms with van der Waals surface area (Å²) in [6.45, 7) is 3.16. The molecule has 1 fully saturated rings. The highest BCUT2D eigenvalue weighted by Crippen LogP contribution is 2.24. The Morgan fingerprint density at radius 2 is 2.15 bits per heavy atom. The average Bonchev–Trinajstić information content (AvgIpc) is 2.51. The van der Waals surface area contributed by atoms with E-state index in [1.165, 1.54) is 17.5 Å². The van der Waals surface area contributed by atoms with Gasteiger partial charge < -0.3 is 11.2 Å². The Morgan fingerprint density at radius 3 is 2.90 bits per heavy atom. The molecule has 0 aliphatic carbocycles. The number of nitrogens with zero attached hydrogens (tertiary/aromatic N) is 1. The number of aromatic nitrogens is 1. The van der Waals surface area contributed by atoms with Gasteiger partial charge >= 0.3 is 0 Å². The summed E-state index contributed by atoms with van der Waals surface area (Å²) < 4.78 is 1.28. The van der Waals surface area contributed by atoms with Crippen LogP contribution in [0, 0.1) is 0 Å². The summed E-state index contributed by atoms with van der Waals surface area (Å²) in [6.07, 6.45) is 3.58. The van der Waals surface area contributed by atoms with Gasteiger partial charge in [0.25, 0.3) is 5.56 Å². The first-order valence-corrected chi connectivity index (χ1v) is 7.31. The molecule has 3 rings (SSSR count). The molecule has 0 saturated carbocycles. The number of hydrogen-bond acceptors (Lipinski definition) is 3. The largest absolute Gasteiger partial charge is 0.336 e. The normalized spacial score (nSPS) is 20.9. The van der Waals surface area contributed by atoms with Gasteiger partial charge in [-0.05, 0) is 31.5 Å². The molecule has 0 spiro atoms. The topological polar surface area (TPSA) is 60.0 Å². The molecule has 4 nitrogen and oxygen atoms in total. The fourth-order valence-electron chi connectivity index (χ4n) is 3.16. The third-order valence-electron chi connectivity index (χ3n) is 4.42. The minimum absolute atomic E-state index is 0.0800. The highest BCUT2D eigenvalue weighted by molar-refractivity contribution is 5.79. The van der Waals surface area contributed by atoms with Gasteiger partial charge in [0.05, 0.1) is 5.52 Å². The van der Waals surface area contributed by atoms with Crippen LogP contribution < -0.4 is 16.7 Å². The molecular weight excluding hydrogens is 250 g/mol. The molecule has 20 heavy (non-hydrogen) atoms. The Morgan fingerprint density at radius 1 is 1.35 bits per heavy atom. The van der Waals surface area contributed by atoms with Gasteiger partial charge in [-0.25, -0.2) is 4.68 Å². The molecule has 1 aromatic carbocycles. The number of pyridine rings is 1. The number of nitrogens with two attached hydrogens (primary N) is 1. The van der Waals surface area contributed by atoms with Gasteiger partial charge in [-0.1, -0.05) is 31.5 Å². The zero-order valence-electron chi connectivity index (χ0n) is 11.8. The summed E-state index contributed by atoms with van der Waals surface area (Å²) in [5.74, 6) is 6.15. The first-order chi connectivity index (χ1) is 9.68. The lowest BCUT2D eigenvalue weighted by Crippen LogP contribution is -2.41. The van der Waals surface area contributed by atoms with Gasteiger partial charge in [0.15, 0.2) is 0 Å². The van der Waals surface area contributed by atoms with Crippen LogP contribution in [0.3, 0.4) is 0 Å². The van der Waals surface area contributed by atoms with Crippen LogP contribution in [0.2, 0.25) is 0 Å². The van der Waals surface area contributed by atoms with Crippen molar-refractivity contribution in [3.63, 3.8) is 0 Å². The molecule has 1 saturated heterocycles. The van der Waals surface area contributed by atoms with Crippen LogP contribution in [0.15, 0.2) is 35.1 Å². The zero-order chi connectivity index (χ0) is 14.1. The highest BCUT2D eigenvalue weighted by atomic mass is 16.1. The second kappa shape index (κ2) is 5.29. The van der Waals surface area contributed by atoms with E-state index < -0.39 is 0 Å². The van der Waals surface area contributed by atoms with Crippen LogP contribution in [0.4, 0.5) is 0 Å². The minimum atomic E-state index is -0.0800. The highest BCUT2D eigenvalue weighted by Gasteiger charge is 2.24. The van der Waals surface area contributed by atoms with E-state index in [-0.39, 0.29) is 11.5 Å². The van der Waals surface area contributed by atoms with Crippen LogP contribution >= 0.6 is 0 Å². The van der Waals surface area contributed by atoms with Crippen LogP contribution in [-0.4, -0.2) is 17.3 Å². The van der Waals surface area contributed by atoms with E-state index in [1.54, 1.807) is 0 Å². The van der Waals surface area contributed by atoms with E-state index in [4.69, 9.17) is 5.84 Å². The molecular formula is C16H21N3O. The molecule has 2 atom stereocenters. The lowest BCUT2D eigenvalue weighted by Gasteiger charge is -2.29. The van der Waals surface area contributed by atoms with Crippen molar-refractivity contribution < 1.29 is 0 Å². The molecule has 1 aliphatic heterocycles. The van der Waals surface area contributed by atoms with Crippen molar-refractivity contribution in [3.8, 4) is 0 Å². The van der Waals surface area contributed by atoms with Gasteiger partial charge in [-0.2, -0.15) is 0 Å². The minimum Gasteiger partial charge on any atom is -0.336 e. The summed E-state index contributed by atoms with van der Waals surface area (Å²) in [5.41, 5.74) is 1.51. The Balaban J connectivity index is 2.06. The fourth-order valence-corrected chi connectivity index (χ4v) is 3.16. The molecule has 4 heteroatoms. The van der Waals surface area contributed by atoms with Crippen molar-refractivity contribution in [2.24, 2.45) is 0 Å². The first-order valence-electron chi connectivity index (χ1n) is 7.31. The van der Waals surface area contributed by atoms with Crippen LogP contribution in [0.5, 0.6) is 0 Å².